The van der Waals surface area contributed by atoms with Gasteiger partial charge in [0.2, 0.25) is 0 Å². The minimum atomic E-state index is -0.202. The fraction of sp³-hybridized carbons (Fsp3) is 0.364. The standard InChI is InChI=1S/C11H15N5OS/c1-3-12-9-6-4-5-8(13-9)7-18-11-15-14-10(17)16(11)2/h4-6H,3,7H2,1-2H3,(H,12,13)(H,14,17). The molecule has 2 rings (SSSR count). The largest absolute Gasteiger partial charge is 0.370 e. The van der Waals surface area contributed by atoms with Crippen LogP contribution in [-0.2, 0) is 12.8 Å². The van der Waals surface area contributed by atoms with Gasteiger partial charge in [0, 0.05) is 19.3 Å². The number of rotatable bonds is 5. The van der Waals surface area contributed by atoms with Crippen LogP contribution in [0.2, 0.25) is 0 Å². The zero-order chi connectivity index (χ0) is 13.0. The summed E-state index contributed by atoms with van der Waals surface area (Å²) < 4.78 is 1.48. The van der Waals surface area contributed by atoms with Gasteiger partial charge < -0.3 is 5.32 Å². The average Bonchev–Trinajstić information content (AvgIpc) is 2.69. The molecular weight excluding hydrogens is 250 g/mol. The monoisotopic (exact) mass is 265 g/mol. The van der Waals surface area contributed by atoms with E-state index in [1.54, 1.807) is 7.05 Å². The molecule has 0 fully saturated rings. The fourth-order valence-corrected chi connectivity index (χ4v) is 2.26. The average molecular weight is 265 g/mol. The summed E-state index contributed by atoms with van der Waals surface area (Å²) in [5, 5.41) is 10.2. The van der Waals surface area contributed by atoms with Gasteiger partial charge in [0.05, 0.1) is 5.69 Å². The van der Waals surface area contributed by atoms with Gasteiger partial charge in [-0.15, -0.1) is 5.10 Å². The minimum Gasteiger partial charge on any atom is -0.370 e. The summed E-state index contributed by atoms with van der Waals surface area (Å²) >= 11 is 1.48. The molecule has 18 heavy (non-hydrogen) atoms. The van der Waals surface area contributed by atoms with Crippen molar-refractivity contribution in [2.45, 2.75) is 17.8 Å². The molecule has 0 aliphatic rings. The molecule has 0 unspecified atom stereocenters. The lowest BCUT2D eigenvalue weighted by Crippen LogP contribution is -2.12. The van der Waals surface area contributed by atoms with Crippen molar-refractivity contribution in [2.24, 2.45) is 7.05 Å². The molecule has 0 radical (unpaired) electrons. The Kier molecular flexibility index (Phi) is 4.03. The van der Waals surface area contributed by atoms with Gasteiger partial charge in [-0.3, -0.25) is 4.57 Å². The third kappa shape index (κ3) is 2.92. The Morgan fingerprint density at radius 3 is 3.00 bits per heavy atom. The van der Waals surface area contributed by atoms with E-state index in [4.69, 9.17) is 0 Å². The van der Waals surface area contributed by atoms with Crippen LogP contribution in [0.1, 0.15) is 12.6 Å². The SMILES string of the molecule is CCNc1cccc(CSc2n[nH]c(=O)n2C)n1. The molecule has 7 heteroatoms. The maximum atomic E-state index is 11.2. The van der Waals surface area contributed by atoms with Crippen molar-refractivity contribution in [3.63, 3.8) is 0 Å². The Balaban J connectivity index is 2.04. The molecule has 0 aliphatic carbocycles. The summed E-state index contributed by atoms with van der Waals surface area (Å²) in [5.74, 6) is 1.55. The van der Waals surface area contributed by atoms with Crippen LogP contribution in [0.3, 0.4) is 0 Å². The number of anilines is 1. The number of aromatic amines is 1. The van der Waals surface area contributed by atoms with E-state index in [-0.39, 0.29) is 5.69 Å². The highest BCUT2D eigenvalue weighted by Crippen LogP contribution is 2.18. The molecule has 0 saturated heterocycles. The molecule has 0 bridgehead atoms. The maximum absolute atomic E-state index is 11.2. The first-order chi connectivity index (χ1) is 8.70. The van der Waals surface area contributed by atoms with Crippen molar-refractivity contribution in [1.82, 2.24) is 19.7 Å². The Morgan fingerprint density at radius 1 is 1.50 bits per heavy atom. The number of hydrogen-bond acceptors (Lipinski definition) is 5. The van der Waals surface area contributed by atoms with Gasteiger partial charge in [0.15, 0.2) is 5.16 Å². The van der Waals surface area contributed by atoms with E-state index in [9.17, 15) is 4.79 Å². The van der Waals surface area contributed by atoms with Crippen LogP contribution in [0.5, 0.6) is 0 Å². The van der Waals surface area contributed by atoms with Crippen LogP contribution in [-0.4, -0.2) is 26.3 Å². The van der Waals surface area contributed by atoms with Gasteiger partial charge in [0.1, 0.15) is 5.82 Å². The van der Waals surface area contributed by atoms with Gasteiger partial charge >= 0.3 is 5.69 Å². The number of hydrogen-bond donors (Lipinski definition) is 2. The van der Waals surface area contributed by atoms with E-state index >= 15 is 0 Å². The Morgan fingerprint density at radius 2 is 2.33 bits per heavy atom. The predicted octanol–water partition coefficient (Wildman–Crippen LogP) is 1.23. The highest BCUT2D eigenvalue weighted by atomic mass is 32.2. The topological polar surface area (TPSA) is 75.6 Å². The second kappa shape index (κ2) is 5.72. The van der Waals surface area contributed by atoms with E-state index in [0.29, 0.717) is 10.9 Å². The first-order valence-electron chi connectivity index (χ1n) is 5.64. The number of H-pyrrole nitrogens is 1. The van der Waals surface area contributed by atoms with Crippen molar-refractivity contribution in [3.05, 3.63) is 34.4 Å². The predicted molar refractivity (Wildman–Crippen MR) is 71.8 cm³/mol. The number of pyridine rings is 1. The molecule has 2 aromatic heterocycles. The van der Waals surface area contributed by atoms with Crippen LogP contribution in [0.25, 0.3) is 0 Å². The van der Waals surface area contributed by atoms with E-state index in [0.717, 1.165) is 18.1 Å². The minimum absolute atomic E-state index is 0.202. The van der Waals surface area contributed by atoms with Crippen molar-refractivity contribution in [1.29, 1.82) is 0 Å². The highest BCUT2D eigenvalue weighted by molar-refractivity contribution is 7.98. The van der Waals surface area contributed by atoms with Crippen molar-refractivity contribution in [2.75, 3.05) is 11.9 Å². The van der Waals surface area contributed by atoms with E-state index in [1.807, 2.05) is 25.1 Å². The number of aromatic nitrogens is 4. The molecular formula is C11H15N5OS. The molecule has 0 atom stereocenters. The van der Waals surface area contributed by atoms with Crippen LogP contribution >= 0.6 is 11.8 Å². The summed E-state index contributed by atoms with van der Waals surface area (Å²) in [6.45, 7) is 2.88. The summed E-state index contributed by atoms with van der Waals surface area (Å²) in [5.41, 5.74) is 0.751. The Labute approximate surface area is 109 Å². The van der Waals surface area contributed by atoms with E-state index in [1.165, 1.54) is 16.3 Å². The molecule has 6 nitrogen and oxygen atoms in total. The van der Waals surface area contributed by atoms with Crippen molar-refractivity contribution < 1.29 is 0 Å². The lowest BCUT2D eigenvalue weighted by atomic mass is 10.4. The third-order valence-corrected chi connectivity index (χ3v) is 3.42. The smallest absolute Gasteiger partial charge is 0.343 e. The number of nitrogens with zero attached hydrogens (tertiary/aromatic N) is 3. The molecule has 2 aromatic rings. The van der Waals surface area contributed by atoms with Gasteiger partial charge in [-0.25, -0.2) is 14.9 Å². The molecule has 2 N–H and O–H groups in total. The van der Waals surface area contributed by atoms with Gasteiger partial charge in [-0.2, -0.15) is 0 Å². The number of thioether (sulfide) groups is 1. The fourth-order valence-electron chi connectivity index (χ4n) is 1.44. The van der Waals surface area contributed by atoms with Crippen LogP contribution in [0.4, 0.5) is 5.82 Å². The zero-order valence-electron chi connectivity index (χ0n) is 10.3. The summed E-state index contributed by atoms with van der Waals surface area (Å²) in [4.78, 5) is 15.7. The summed E-state index contributed by atoms with van der Waals surface area (Å²) in [6.07, 6.45) is 0. The molecule has 96 valence electrons. The van der Waals surface area contributed by atoms with Crippen LogP contribution in [0, 0.1) is 0 Å². The second-order valence-electron chi connectivity index (χ2n) is 3.70. The van der Waals surface area contributed by atoms with Crippen LogP contribution in [0.15, 0.2) is 28.2 Å². The second-order valence-corrected chi connectivity index (χ2v) is 4.65. The van der Waals surface area contributed by atoms with Crippen molar-refractivity contribution in [3.8, 4) is 0 Å². The number of nitrogens with one attached hydrogen (secondary N) is 2. The Bertz CT molecular complexity index is 577. The molecule has 0 amide bonds. The quantitative estimate of drug-likeness (QED) is 0.795. The Hall–Kier alpha value is -1.76. The molecule has 0 spiro atoms. The lowest BCUT2D eigenvalue weighted by Gasteiger charge is -2.04. The molecule has 0 saturated carbocycles. The molecule has 2 heterocycles. The van der Waals surface area contributed by atoms with Gasteiger partial charge in [-0.1, -0.05) is 17.8 Å². The van der Waals surface area contributed by atoms with E-state index < -0.39 is 0 Å². The van der Waals surface area contributed by atoms with E-state index in [2.05, 4.69) is 20.5 Å². The van der Waals surface area contributed by atoms with Gasteiger partial charge in [-0.05, 0) is 19.1 Å². The first-order valence-corrected chi connectivity index (χ1v) is 6.63. The molecule has 0 aromatic carbocycles. The summed E-state index contributed by atoms with van der Waals surface area (Å²) in [7, 11) is 1.69. The van der Waals surface area contributed by atoms with Gasteiger partial charge in [0.25, 0.3) is 0 Å². The maximum Gasteiger partial charge on any atom is 0.343 e. The molecule has 0 aliphatic heterocycles. The first kappa shape index (κ1) is 12.7. The highest BCUT2D eigenvalue weighted by Gasteiger charge is 2.05. The lowest BCUT2D eigenvalue weighted by molar-refractivity contribution is 0.765. The zero-order valence-corrected chi connectivity index (χ0v) is 11.1. The summed E-state index contributed by atoms with van der Waals surface area (Å²) in [6, 6.07) is 5.85. The third-order valence-electron chi connectivity index (χ3n) is 2.35. The normalized spacial score (nSPS) is 10.6. The van der Waals surface area contributed by atoms with Crippen molar-refractivity contribution >= 4 is 17.6 Å². The van der Waals surface area contributed by atoms with Crippen LogP contribution < -0.4 is 11.0 Å².